The predicted octanol–water partition coefficient (Wildman–Crippen LogP) is 3.56. The molecule has 0 aliphatic rings. The second-order valence-electron chi connectivity index (χ2n) is 4.72. The van der Waals surface area contributed by atoms with Crippen molar-refractivity contribution in [3.63, 3.8) is 0 Å². The lowest BCUT2D eigenvalue weighted by Crippen LogP contribution is -2.43. The van der Waals surface area contributed by atoms with Gasteiger partial charge >= 0.3 is 0 Å². The third kappa shape index (κ3) is 5.75. The molecule has 0 saturated heterocycles. The van der Waals surface area contributed by atoms with Crippen LogP contribution < -0.4 is 20.3 Å². The van der Waals surface area contributed by atoms with E-state index in [4.69, 9.17) is 21.1 Å². The molecule has 0 atom stereocenters. The summed E-state index contributed by atoms with van der Waals surface area (Å²) >= 11 is 11.2. The molecule has 0 bridgehead atoms. The summed E-state index contributed by atoms with van der Waals surface area (Å²) in [5.41, 5.74) is 5.01. The first-order valence-corrected chi connectivity index (χ1v) is 9.16. The Kier molecular flexibility index (Phi) is 7.33. The van der Waals surface area contributed by atoms with E-state index in [2.05, 4.69) is 49.4 Å². The second-order valence-corrected chi connectivity index (χ2v) is 7.17. The van der Waals surface area contributed by atoms with E-state index in [-0.39, 0.29) is 6.61 Å². The Morgan fingerprint density at radius 3 is 2.52 bits per heavy atom. The van der Waals surface area contributed by atoms with Gasteiger partial charge in [0.25, 0.3) is 11.8 Å². The van der Waals surface area contributed by atoms with Crippen molar-refractivity contribution in [3.05, 3.63) is 55.0 Å². The second kappa shape index (κ2) is 9.25. The van der Waals surface area contributed by atoms with Crippen LogP contribution in [-0.2, 0) is 4.79 Å². The van der Waals surface area contributed by atoms with E-state index in [9.17, 15) is 9.59 Å². The summed E-state index contributed by atoms with van der Waals surface area (Å²) in [7, 11) is 1.55. The minimum Gasteiger partial charge on any atom is -0.496 e. The van der Waals surface area contributed by atoms with E-state index in [1.807, 2.05) is 0 Å². The van der Waals surface area contributed by atoms with E-state index >= 15 is 0 Å². The number of hydrazine groups is 1. The maximum absolute atomic E-state index is 12.0. The summed E-state index contributed by atoms with van der Waals surface area (Å²) in [4.78, 5) is 23.8. The summed E-state index contributed by atoms with van der Waals surface area (Å²) in [5, 5.41) is 0.546. The first-order valence-electron chi connectivity index (χ1n) is 6.91. The van der Waals surface area contributed by atoms with Crippen LogP contribution in [-0.4, -0.2) is 25.5 Å². The van der Waals surface area contributed by atoms with Crippen LogP contribution in [0.3, 0.4) is 0 Å². The highest BCUT2D eigenvalue weighted by molar-refractivity contribution is 14.1. The first-order chi connectivity index (χ1) is 11.9. The number of methoxy groups -OCH3 is 1. The van der Waals surface area contributed by atoms with Gasteiger partial charge in [0.2, 0.25) is 0 Å². The number of carbonyl (C=O) groups excluding carboxylic acids is 2. The zero-order chi connectivity index (χ0) is 18.4. The molecule has 0 heterocycles. The molecule has 9 heteroatoms. The lowest BCUT2D eigenvalue weighted by atomic mass is 10.2. The SMILES string of the molecule is COc1ccc(C(=O)NNC(=O)COc2ccc(Cl)cc2Br)cc1I. The third-order valence-corrected chi connectivity index (χ3v) is 4.68. The standard InChI is InChI=1S/C16H13BrClIN2O4/c1-24-14-4-2-9(6-12(14)19)16(23)21-20-15(22)8-25-13-5-3-10(18)7-11(13)17/h2-7H,8H2,1H3,(H,20,22)(H,21,23). The summed E-state index contributed by atoms with van der Waals surface area (Å²) < 4.78 is 11.9. The third-order valence-electron chi connectivity index (χ3n) is 2.98. The smallest absolute Gasteiger partial charge is 0.276 e. The van der Waals surface area contributed by atoms with Crippen molar-refractivity contribution in [3.8, 4) is 11.5 Å². The summed E-state index contributed by atoms with van der Waals surface area (Å²) in [6.07, 6.45) is 0. The Morgan fingerprint density at radius 2 is 1.88 bits per heavy atom. The maximum atomic E-state index is 12.0. The quantitative estimate of drug-likeness (QED) is 0.450. The number of amides is 2. The van der Waals surface area contributed by atoms with Gasteiger partial charge in [-0.2, -0.15) is 0 Å². The van der Waals surface area contributed by atoms with Gasteiger partial charge in [0.1, 0.15) is 11.5 Å². The molecule has 0 aromatic heterocycles. The minimum atomic E-state index is -0.501. The molecule has 0 fully saturated rings. The molecule has 132 valence electrons. The minimum absolute atomic E-state index is 0.263. The highest BCUT2D eigenvalue weighted by atomic mass is 127. The Morgan fingerprint density at radius 1 is 1.16 bits per heavy atom. The molecule has 0 unspecified atom stereocenters. The number of hydrogen-bond acceptors (Lipinski definition) is 4. The highest BCUT2D eigenvalue weighted by Gasteiger charge is 2.11. The zero-order valence-corrected chi connectivity index (χ0v) is 17.4. The Balaban J connectivity index is 1.85. The summed E-state index contributed by atoms with van der Waals surface area (Å²) in [6.45, 7) is -0.263. The molecule has 2 rings (SSSR count). The van der Waals surface area contributed by atoms with Gasteiger partial charge in [-0.1, -0.05) is 11.6 Å². The van der Waals surface area contributed by atoms with E-state index in [1.165, 1.54) is 0 Å². The van der Waals surface area contributed by atoms with Crippen LogP contribution in [0.15, 0.2) is 40.9 Å². The normalized spacial score (nSPS) is 10.1. The molecule has 0 saturated carbocycles. The predicted molar refractivity (Wildman–Crippen MR) is 106 cm³/mol. The van der Waals surface area contributed by atoms with Crippen molar-refractivity contribution in [2.75, 3.05) is 13.7 Å². The van der Waals surface area contributed by atoms with Gasteiger partial charge in [-0.05, 0) is 74.9 Å². The van der Waals surface area contributed by atoms with Gasteiger partial charge in [-0.25, -0.2) is 0 Å². The fourth-order valence-electron chi connectivity index (χ4n) is 1.78. The van der Waals surface area contributed by atoms with Crippen LogP contribution in [0.2, 0.25) is 5.02 Å². The van der Waals surface area contributed by atoms with Gasteiger partial charge in [-0.3, -0.25) is 20.4 Å². The van der Waals surface area contributed by atoms with Crippen LogP contribution in [0.4, 0.5) is 0 Å². The first kappa shape index (κ1) is 19.8. The van der Waals surface area contributed by atoms with Crippen molar-refractivity contribution >= 4 is 61.9 Å². The van der Waals surface area contributed by atoms with E-state index in [0.29, 0.717) is 26.6 Å². The number of halogens is 3. The maximum Gasteiger partial charge on any atom is 0.276 e. The van der Waals surface area contributed by atoms with Gasteiger partial charge < -0.3 is 9.47 Å². The van der Waals surface area contributed by atoms with Crippen LogP contribution >= 0.6 is 50.1 Å². The molecule has 0 aliphatic carbocycles. The Hall–Kier alpha value is -1.52. The summed E-state index contributed by atoms with van der Waals surface area (Å²) in [5.74, 6) is 0.193. The molecular weight excluding hydrogens is 526 g/mol. The average molecular weight is 540 g/mol. The monoisotopic (exact) mass is 538 g/mol. The van der Waals surface area contributed by atoms with Crippen LogP contribution in [0.5, 0.6) is 11.5 Å². The van der Waals surface area contributed by atoms with Gasteiger partial charge in [0, 0.05) is 10.6 Å². The largest absolute Gasteiger partial charge is 0.496 e. The van der Waals surface area contributed by atoms with Crippen molar-refractivity contribution in [1.29, 1.82) is 0 Å². The number of benzene rings is 2. The molecule has 0 spiro atoms. The zero-order valence-electron chi connectivity index (χ0n) is 12.9. The topological polar surface area (TPSA) is 76.7 Å². The van der Waals surface area contributed by atoms with Crippen molar-refractivity contribution in [1.82, 2.24) is 10.9 Å². The lowest BCUT2D eigenvalue weighted by molar-refractivity contribution is -0.123. The Bertz CT molecular complexity index is 804. The van der Waals surface area contributed by atoms with Crippen LogP contribution in [0.1, 0.15) is 10.4 Å². The van der Waals surface area contributed by atoms with Crippen molar-refractivity contribution < 1.29 is 19.1 Å². The number of rotatable bonds is 5. The number of nitrogens with one attached hydrogen (secondary N) is 2. The molecule has 2 aromatic rings. The lowest BCUT2D eigenvalue weighted by Gasteiger charge is -2.10. The number of carbonyl (C=O) groups is 2. The van der Waals surface area contributed by atoms with E-state index in [0.717, 1.165) is 3.57 Å². The van der Waals surface area contributed by atoms with Crippen molar-refractivity contribution in [2.45, 2.75) is 0 Å². The van der Waals surface area contributed by atoms with Crippen molar-refractivity contribution in [2.24, 2.45) is 0 Å². The molecule has 0 aliphatic heterocycles. The van der Waals surface area contributed by atoms with E-state index in [1.54, 1.807) is 43.5 Å². The van der Waals surface area contributed by atoms with Gasteiger partial charge in [0.05, 0.1) is 15.2 Å². The fraction of sp³-hybridized carbons (Fsp3) is 0.125. The number of hydrogen-bond donors (Lipinski definition) is 2. The van der Waals surface area contributed by atoms with Gasteiger partial charge in [0.15, 0.2) is 6.61 Å². The van der Waals surface area contributed by atoms with Crippen LogP contribution in [0, 0.1) is 3.57 Å². The van der Waals surface area contributed by atoms with Crippen LogP contribution in [0.25, 0.3) is 0 Å². The van der Waals surface area contributed by atoms with Gasteiger partial charge in [-0.15, -0.1) is 0 Å². The molecule has 25 heavy (non-hydrogen) atoms. The fourth-order valence-corrected chi connectivity index (χ4v) is 3.31. The summed E-state index contributed by atoms with van der Waals surface area (Å²) in [6, 6.07) is 9.87. The molecular formula is C16H13BrClIN2O4. The molecule has 6 nitrogen and oxygen atoms in total. The number of ether oxygens (including phenoxy) is 2. The molecule has 0 radical (unpaired) electrons. The molecule has 2 N–H and O–H groups in total. The average Bonchev–Trinajstić information content (AvgIpc) is 2.58. The van der Waals surface area contributed by atoms with E-state index < -0.39 is 11.8 Å². The highest BCUT2D eigenvalue weighted by Crippen LogP contribution is 2.27. The Labute approximate surface area is 171 Å². The molecule has 2 amide bonds. The molecule has 2 aromatic carbocycles.